The lowest BCUT2D eigenvalue weighted by Crippen LogP contribution is -2.50. The standard InChI is InChI=1S/C21H21F5N4O3/c1-12-17(19(32)28-20(2,11-31)9-16(22)23)15-8-14(5-7-30(15)29-12)33-10-13-4-3-6-27-18(13)21(24,25)26/h3-8,16,31H,9-11H2,1-2H3,(H,28,32). The minimum atomic E-state index is -4.64. The number of pyridine rings is 2. The van der Waals surface area contributed by atoms with Crippen molar-refractivity contribution >= 4 is 11.4 Å². The number of rotatable bonds is 8. The van der Waals surface area contributed by atoms with Crippen LogP contribution in [-0.2, 0) is 12.8 Å². The zero-order valence-corrected chi connectivity index (χ0v) is 17.7. The quantitative estimate of drug-likeness (QED) is 0.488. The maximum atomic E-state index is 13.1. The van der Waals surface area contributed by atoms with Gasteiger partial charge in [-0.05, 0) is 26.0 Å². The van der Waals surface area contributed by atoms with Crippen LogP contribution in [0.3, 0.4) is 0 Å². The number of fused-ring (bicyclic) bond motifs is 1. The number of hydrogen-bond acceptors (Lipinski definition) is 5. The molecule has 7 nitrogen and oxygen atoms in total. The molecule has 3 heterocycles. The minimum absolute atomic E-state index is 0.0618. The molecule has 0 aromatic carbocycles. The maximum Gasteiger partial charge on any atom is 0.433 e. The van der Waals surface area contributed by atoms with Gasteiger partial charge in [-0.25, -0.2) is 13.3 Å². The van der Waals surface area contributed by atoms with Gasteiger partial charge in [0.15, 0.2) is 5.69 Å². The van der Waals surface area contributed by atoms with Crippen molar-refractivity contribution in [1.82, 2.24) is 19.9 Å². The molecule has 0 aliphatic heterocycles. The Morgan fingerprint density at radius 1 is 1.30 bits per heavy atom. The summed E-state index contributed by atoms with van der Waals surface area (Å²) in [6, 6.07) is 5.47. The minimum Gasteiger partial charge on any atom is -0.489 e. The van der Waals surface area contributed by atoms with Crippen LogP contribution in [0.5, 0.6) is 5.75 Å². The van der Waals surface area contributed by atoms with E-state index in [9.17, 15) is 31.9 Å². The molecule has 33 heavy (non-hydrogen) atoms. The second kappa shape index (κ2) is 9.30. The van der Waals surface area contributed by atoms with Gasteiger partial charge in [-0.3, -0.25) is 9.78 Å². The molecule has 1 unspecified atom stereocenters. The predicted octanol–water partition coefficient (Wildman–Crippen LogP) is 3.77. The fourth-order valence-electron chi connectivity index (χ4n) is 3.32. The first kappa shape index (κ1) is 24.4. The molecule has 3 aromatic rings. The van der Waals surface area contributed by atoms with Crippen molar-refractivity contribution in [3.63, 3.8) is 0 Å². The number of aliphatic hydroxyl groups is 1. The summed E-state index contributed by atoms with van der Waals surface area (Å²) in [6.45, 7) is 1.70. The number of alkyl halides is 5. The summed E-state index contributed by atoms with van der Waals surface area (Å²) in [4.78, 5) is 16.2. The number of carbonyl (C=O) groups excluding carboxylic acids is 1. The van der Waals surface area contributed by atoms with Crippen LogP contribution in [0.15, 0.2) is 36.7 Å². The van der Waals surface area contributed by atoms with Gasteiger partial charge in [-0.1, -0.05) is 6.07 Å². The van der Waals surface area contributed by atoms with Crippen LogP contribution >= 0.6 is 0 Å². The van der Waals surface area contributed by atoms with E-state index in [4.69, 9.17) is 4.74 Å². The Morgan fingerprint density at radius 3 is 2.67 bits per heavy atom. The maximum absolute atomic E-state index is 13.1. The first-order chi connectivity index (χ1) is 15.4. The van der Waals surface area contributed by atoms with E-state index in [0.717, 1.165) is 6.20 Å². The number of hydrogen-bond donors (Lipinski definition) is 2. The Hall–Kier alpha value is -3.28. The molecule has 1 atom stereocenters. The van der Waals surface area contributed by atoms with E-state index >= 15 is 0 Å². The van der Waals surface area contributed by atoms with Crippen molar-refractivity contribution in [1.29, 1.82) is 0 Å². The summed E-state index contributed by atoms with van der Waals surface area (Å²) < 4.78 is 72.0. The zero-order valence-electron chi connectivity index (χ0n) is 17.7. The first-order valence-corrected chi connectivity index (χ1v) is 9.78. The number of ether oxygens (including phenoxy) is 1. The van der Waals surface area contributed by atoms with Crippen LogP contribution in [0.25, 0.3) is 5.52 Å². The van der Waals surface area contributed by atoms with Crippen molar-refractivity contribution in [3.8, 4) is 5.75 Å². The number of nitrogens with zero attached hydrogens (tertiary/aromatic N) is 3. The number of nitrogens with one attached hydrogen (secondary N) is 1. The Kier molecular flexibility index (Phi) is 6.86. The van der Waals surface area contributed by atoms with Crippen molar-refractivity contribution in [3.05, 3.63) is 59.2 Å². The van der Waals surface area contributed by atoms with E-state index in [1.165, 1.54) is 48.8 Å². The number of carbonyl (C=O) groups is 1. The Bertz CT molecular complexity index is 1150. The molecule has 0 aliphatic carbocycles. The van der Waals surface area contributed by atoms with E-state index in [0.29, 0.717) is 0 Å². The second-order valence-electron chi connectivity index (χ2n) is 7.72. The fourth-order valence-corrected chi connectivity index (χ4v) is 3.32. The van der Waals surface area contributed by atoms with Gasteiger partial charge in [0.1, 0.15) is 12.4 Å². The fraction of sp³-hybridized carbons (Fsp3) is 0.381. The van der Waals surface area contributed by atoms with E-state index in [1.54, 1.807) is 0 Å². The first-order valence-electron chi connectivity index (χ1n) is 9.78. The van der Waals surface area contributed by atoms with Gasteiger partial charge < -0.3 is 15.2 Å². The molecular formula is C21H21F5N4O3. The highest BCUT2D eigenvalue weighted by Crippen LogP contribution is 2.31. The van der Waals surface area contributed by atoms with E-state index < -0.39 is 49.4 Å². The highest BCUT2D eigenvalue weighted by molar-refractivity contribution is 6.02. The van der Waals surface area contributed by atoms with E-state index in [2.05, 4.69) is 15.4 Å². The molecule has 3 rings (SSSR count). The average molecular weight is 472 g/mol. The van der Waals surface area contributed by atoms with Gasteiger partial charge in [0.05, 0.1) is 28.9 Å². The molecule has 0 fully saturated rings. The van der Waals surface area contributed by atoms with Gasteiger partial charge in [0.2, 0.25) is 6.43 Å². The highest BCUT2D eigenvalue weighted by Gasteiger charge is 2.35. The highest BCUT2D eigenvalue weighted by atomic mass is 19.4. The lowest BCUT2D eigenvalue weighted by molar-refractivity contribution is -0.142. The third kappa shape index (κ3) is 5.56. The number of amides is 1. The Labute approximate surface area is 185 Å². The SMILES string of the molecule is Cc1nn2ccc(OCc3cccnc3C(F)(F)F)cc2c1C(=O)NC(C)(CO)CC(F)F. The van der Waals surface area contributed by atoms with Crippen molar-refractivity contribution in [2.75, 3.05) is 6.61 Å². The summed E-state index contributed by atoms with van der Waals surface area (Å²) in [7, 11) is 0. The van der Waals surface area contributed by atoms with Crippen molar-refractivity contribution in [2.24, 2.45) is 0 Å². The molecular weight excluding hydrogens is 451 g/mol. The third-order valence-electron chi connectivity index (χ3n) is 4.93. The van der Waals surface area contributed by atoms with Crippen LogP contribution in [-0.4, -0.2) is 44.2 Å². The Morgan fingerprint density at radius 2 is 2.03 bits per heavy atom. The van der Waals surface area contributed by atoms with E-state index in [-0.39, 0.29) is 28.1 Å². The Balaban J connectivity index is 1.87. The predicted molar refractivity (Wildman–Crippen MR) is 107 cm³/mol. The molecule has 1 amide bonds. The largest absolute Gasteiger partial charge is 0.489 e. The number of aliphatic hydroxyl groups excluding tert-OH is 1. The van der Waals surface area contributed by atoms with Crippen molar-refractivity contribution in [2.45, 2.75) is 45.0 Å². The summed E-state index contributed by atoms with van der Waals surface area (Å²) in [5.74, 6) is -0.575. The molecule has 2 N–H and O–H groups in total. The molecule has 0 aliphatic rings. The van der Waals surface area contributed by atoms with Gasteiger partial charge in [-0.2, -0.15) is 18.3 Å². The lowest BCUT2D eigenvalue weighted by atomic mass is 9.98. The zero-order chi connectivity index (χ0) is 24.4. The topological polar surface area (TPSA) is 88.8 Å². The summed E-state index contributed by atoms with van der Waals surface area (Å²) >= 11 is 0. The van der Waals surface area contributed by atoms with Gasteiger partial charge in [0, 0.05) is 30.4 Å². The number of aromatic nitrogens is 3. The average Bonchev–Trinajstić information content (AvgIpc) is 3.06. The van der Waals surface area contributed by atoms with Crippen LogP contribution in [0.4, 0.5) is 22.0 Å². The summed E-state index contributed by atoms with van der Waals surface area (Å²) in [5, 5.41) is 16.1. The number of aryl methyl sites for hydroxylation is 1. The van der Waals surface area contributed by atoms with Crippen LogP contribution < -0.4 is 10.1 Å². The smallest absolute Gasteiger partial charge is 0.433 e. The van der Waals surface area contributed by atoms with Crippen LogP contribution in [0.2, 0.25) is 0 Å². The molecule has 3 aromatic heterocycles. The van der Waals surface area contributed by atoms with Crippen LogP contribution in [0, 0.1) is 6.92 Å². The second-order valence-corrected chi connectivity index (χ2v) is 7.72. The van der Waals surface area contributed by atoms with E-state index in [1.807, 2.05) is 0 Å². The molecule has 0 saturated heterocycles. The molecule has 0 spiro atoms. The van der Waals surface area contributed by atoms with Crippen LogP contribution in [0.1, 0.15) is 40.7 Å². The van der Waals surface area contributed by atoms with Gasteiger partial charge in [0.25, 0.3) is 5.91 Å². The molecule has 0 radical (unpaired) electrons. The monoisotopic (exact) mass is 472 g/mol. The lowest BCUT2D eigenvalue weighted by Gasteiger charge is -2.28. The normalized spacial score (nSPS) is 13.8. The van der Waals surface area contributed by atoms with Gasteiger partial charge in [-0.15, -0.1) is 0 Å². The molecule has 12 heteroatoms. The van der Waals surface area contributed by atoms with Crippen molar-refractivity contribution < 1.29 is 36.6 Å². The van der Waals surface area contributed by atoms with Gasteiger partial charge >= 0.3 is 6.18 Å². The third-order valence-corrected chi connectivity index (χ3v) is 4.93. The number of halogens is 5. The molecule has 178 valence electrons. The molecule has 0 saturated carbocycles. The summed E-state index contributed by atoms with van der Waals surface area (Å²) in [6.07, 6.45) is -5.66. The molecule has 0 bridgehead atoms. The summed E-state index contributed by atoms with van der Waals surface area (Å²) in [5.41, 5.74) is -2.19.